The summed E-state index contributed by atoms with van der Waals surface area (Å²) in [6, 6.07) is 0.312. The molecule has 2 unspecified atom stereocenters. The van der Waals surface area contributed by atoms with Gasteiger partial charge in [0.05, 0.1) is 0 Å². The van der Waals surface area contributed by atoms with E-state index in [2.05, 4.69) is 20.4 Å². The van der Waals surface area contributed by atoms with Crippen molar-refractivity contribution >= 4 is 0 Å². The van der Waals surface area contributed by atoms with Crippen LogP contribution in [0.2, 0.25) is 0 Å². The zero-order valence-corrected chi connectivity index (χ0v) is 6.43. The van der Waals surface area contributed by atoms with Crippen molar-refractivity contribution in [3.63, 3.8) is 0 Å². The van der Waals surface area contributed by atoms with E-state index in [0.717, 1.165) is 12.8 Å². The molecule has 0 aliphatic carbocycles. The molecule has 0 heterocycles. The van der Waals surface area contributed by atoms with Gasteiger partial charge in [-0.1, -0.05) is 19.9 Å². The van der Waals surface area contributed by atoms with Gasteiger partial charge in [0.2, 0.25) is 0 Å². The van der Waals surface area contributed by atoms with Crippen molar-refractivity contribution in [2.24, 2.45) is 11.7 Å². The average Bonchev–Trinajstić information content (AvgIpc) is 1.90. The van der Waals surface area contributed by atoms with Crippen molar-refractivity contribution in [2.45, 2.75) is 32.7 Å². The van der Waals surface area contributed by atoms with E-state index in [1.807, 2.05) is 6.08 Å². The minimum absolute atomic E-state index is 0.312. The minimum Gasteiger partial charge on any atom is -0.327 e. The fraction of sp³-hybridized carbons (Fsp3) is 0.750. The van der Waals surface area contributed by atoms with E-state index in [-0.39, 0.29) is 0 Å². The molecule has 0 rings (SSSR count). The second kappa shape index (κ2) is 4.57. The van der Waals surface area contributed by atoms with Gasteiger partial charge in [0.15, 0.2) is 0 Å². The Morgan fingerprint density at radius 2 is 2.00 bits per heavy atom. The summed E-state index contributed by atoms with van der Waals surface area (Å²) >= 11 is 0. The summed E-state index contributed by atoms with van der Waals surface area (Å²) in [5.74, 6) is 0.509. The summed E-state index contributed by atoms with van der Waals surface area (Å²) < 4.78 is 0. The first-order valence-corrected chi connectivity index (χ1v) is 3.64. The maximum atomic E-state index is 5.77. The molecule has 0 aromatic rings. The van der Waals surface area contributed by atoms with E-state index in [1.54, 1.807) is 0 Å². The lowest BCUT2D eigenvalue weighted by atomic mass is 9.96. The Morgan fingerprint density at radius 3 is 2.11 bits per heavy atom. The van der Waals surface area contributed by atoms with Gasteiger partial charge < -0.3 is 5.73 Å². The zero-order chi connectivity index (χ0) is 7.28. The Morgan fingerprint density at radius 1 is 1.44 bits per heavy atom. The van der Waals surface area contributed by atoms with Crippen LogP contribution in [0.4, 0.5) is 0 Å². The maximum Gasteiger partial charge on any atom is 0.00990 e. The Bertz CT molecular complexity index is 78.6. The molecule has 0 saturated carbocycles. The molecule has 1 heteroatoms. The number of hydrogen-bond donors (Lipinski definition) is 1. The lowest BCUT2D eigenvalue weighted by Gasteiger charge is -2.16. The van der Waals surface area contributed by atoms with Crippen molar-refractivity contribution in [1.82, 2.24) is 0 Å². The predicted octanol–water partition coefficient (Wildman–Crippen LogP) is 1.94. The van der Waals surface area contributed by atoms with Crippen molar-refractivity contribution in [3.05, 3.63) is 12.7 Å². The SMILES string of the molecule is C=CC(CC)C(N)CC. The number of rotatable bonds is 4. The molecule has 0 aliphatic heterocycles. The highest BCUT2D eigenvalue weighted by atomic mass is 14.6. The summed E-state index contributed by atoms with van der Waals surface area (Å²) in [5.41, 5.74) is 5.77. The quantitative estimate of drug-likeness (QED) is 0.574. The van der Waals surface area contributed by atoms with Crippen LogP contribution in [-0.4, -0.2) is 6.04 Å². The van der Waals surface area contributed by atoms with E-state index in [4.69, 9.17) is 5.73 Å². The molecular formula is C8H17N. The van der Waals surface area contributed by atoms with Crippen LogP contribution in [0.5, 0.6) is 0 Å². The predicted molar refractivity (Wildman–Crippen MR) is 42.2 cm³/mol. The summed E-state index contributed by atoms with van der Waals surface area (Å²) in [4.78, 5) is 0. The van der Waals surface area contributed by atoms with Crippen LogP contribution >= 0.6 is 0 Å². The van der Waals surface area contributed by atoms with E-state index in [9.17, 15) is 0 Å². The molecule has 0 radical (unpaired) electrons. The molecule has 1 nitrogen and oxygen atoms in total. The van der Waals surface area contributed by atoms with E-state index < -0.39 is 0 Å². The van der Waals surface area contributed by atoms with Gasteiger partial charge in [-0.3, -0.25) is 0 Å². The first-order valence-electron chi connectivity index (χ1n) is 3.64. The molecule has 2 atom stereocenters. The van der Waals surface area contributed by atoms with E-state index in [1.165, 1.54) is 0 Å². The topological polar surface area (TPSA) is 26.0 Å². The molecule has 0 bridgehead atoms. The average molecular weight is 127 g/mol. The lowest BCUT2D eigenvalue weighted by molar-refractivity contribution is 0.477. The highest BCUT2D eigenvalue weighted by molar-refractivity contribution is 4.85. The van der Waals surface area contributed by atoms with E-state index >= 15 is 0 Å². The molecular weight excluding hydrogens is 110 g/mol. The largest absolute Gasteiger partial charge is 0.327 e. The summed E-state index contributed by atoms with van der Waals surface area (Å²) in [5, 5.41) is 0. The molecule has 0 aromatic heterocycles. The Kier molecular flexibility index (Phi) is 4.41. The first kappa shape index (κ1) is 8.70. The molecule has 0 fully saturated rings. The molecule has 0 spiro atoms. The Hall–Kier alpha value is -0.300. The fourth-order valence-electron chi connectivity index (χ4n) is 0.947. The van der Waals surface area contributed by atoms with Crippen molar-refractivity contribution in [3.8, 4) is 0 Å². The van der Waals surface area contributed by atoms with Crippen LogP contribution in [0.25, 0.3) is 0 Å². The van der Waals surface area contributed by atoms with E-state index in [0.29, 0.717) is 12.0 Å². The summed E-state index contributed by atoms with van der Waals surface area (Å²) in [7, 11) is 0. The molecule has 2 N–H and O–H groups in total. The summed E-state index contributed by atoms with van der Waals surface area (Å²) in [6.07, 6.45) is 4.11. The molecule has 54 valence electrons. The van der Waals surface area contributed by atoms with Gasteiger partial charge >= 0.3 is 0 Å². The molecule has 0 amide bonds. The van der Waals surface area contributed by atoms with Gasteiger partial charge in [0.25, 0.3) is 0 Å². The molecule has 0 saturated heterocycles. The monoisotopic (exact) mass is 127 g/mol. The second-order valence-corrected chi connectivity index (χ2v) is 2.38. The Labute approximate surface area is 57.9 Å². The number of nitrogens with two attached hydrogens (primary N) is 1. The minimum atomic E-state index is 0.312. The van der Waals surface area contributed by atoms with Crippen LogP contribution in [0.15, 0.2) is 12.7 Å². The van der Waals surface area contributed by atoms with Gasteiger partial charge in [0, 0.05) is 6.04 Å². The van der Waals surface area contributed by atoms with Crippen LogP contribution in [0.3, 0.4) is 0 Å². The Balaban J connectivity index is 3.63. The summed E-state index contributed by atoms with van der Waals surface area (Å²) in [6.45, 7) is 7.97. The van der Waals surface area contributed by atoms with Gasteiger partial charge in [-0.25, -0.2) is 0 Å². The highest BCUT2D eigenvalue weighted by Gasteiger charge is 2.08. The van der Waals surface area contributed by atoms with Crippen LogP contribution < -0.4 is 5.73 Å². The van der Waals surface area contributed by atoms with Gasteiger partial charge in [-0.2, -0.15) is 0 Å². The van der Waals surface area contributed by atoms with Gasteiger partial charge in [-0.05, 0) is 18.8 Å². The number of hydrogen-bond acceptors (Lipinski definition) is 1. The second-order valence-electron chi connectivity index (χ2n) is 2.38. The third kappa shape index (κ3) is 2.66. The zero-order valence-electron chi connectivity index (χ0n) is 6.43. The van der Waals surface area contributed by atoms with Crippen molar-refractivity contribution in [2.75, 3.05) is 0 Å². The molecule has 0 aliphatic rings. The van der Waals surface area contributed by atoms with Crippen LogP contribution in [0, 0.1) is 5.92 Å². The smallest absolute Gasteiger partial charge is 0.00990 e. The van der Waals surface area contributed by atoms with Crippen LogP contribution in [-0.2, 0) is 0 Å². The third-order valence-electron chi connectivity index (χ3n) is 1.80. The maximum absolute atomic E-state index is 5.77. The first-order chi connectivity index (χ1) is 4.26. The van der Waals surface area contributed by atoms with Crippen molar-refractivity contribution in [1.29, 1.82) is 0 Å². The highest BCUT2D eigenvalue weighted by Crippen LogP contribution is 2.09. The lowest BCUT2D eigenvalue weighted by Crippen LogP contribution is -2.27. The van der Waals surface area contributed by atoms with Gasteiger partial charge in [-0.15, -0.1) is 6.58 Å². The molecule has 9 heavy (non-hydrogen) atoms. The van der Waals surface area contributed by atoms with Gasteiger partial charge in [0.1, 0.15) is 0 Å². The van der Waals surface area contributed by atoms with Crippen LogP contribution in [0.1, 0.15) is 26.7 Å². The normalized spacial score (nSPS) is 16.8. The van der Waals surface area contributed by atoms with Crippen molar-refractivity contribution < 1.29 is 0 Å². The standard InChI is InChI=1S/C8H17N/c1-4-7(5-2)8(9)6-3/h4,7-8H,1,5-6,9H2,2-3H3. The third-order valence-corrected chi connectivity index (χ3v) is 1.80. The molecule has 0 aromatic carbocycles. The fourth-order valence-corrected chi connectivity index (χ4v) is 0.947.